The smallest absolute Gasteiger partial charge is 0.293 e. The van der Waals surface area contributed by atoms with Crippen LogP contribution < -0.4 is 10.6 Å². The Morgan fingerprint density at radius 2 is 1.66 bits per heavy atom. The van der Waals surface area contributed by atoms with Crippen LogP contribution in [0.15, 0.2) is 96.2 Å². The van der Waals surface area contributed by atoms with Crippen molar-refractivity contribution in [1.82, 2.24) is 18.8 Å². The van der Waals surface area contributed by atoms with E-state index in [1.54, 1.807) is 48.7 Å². The first kappa shape index (κ1) is 37.9. The number of para-hydroxylation sites is 1. The average Bonchev–Trinajstić information content (AvgIpc) is 3.75. The molecule has 1 aliphatic heterocycles. The predicted octanol–water partition coefficient (Wildman–Crippen LogP) is 7.34. The van der Waals surface area contributed by atoms with Crippen LogP contribution in [0.3, 0.4) is 0 Å². The largest absolute Gasteiger partial charge is 0.462 e. The molecule has 13 heteroatoms. The summed E-state index contributed by atoms with van der Waals surface area (Å²) in [5.74, 6) is 0.326. The van der Waals surface area contributed by atoms with Crippen LogP contribution in [-0.4, -0.2) is 71.4 Å². The average molecular weight is 719 g/mol. The summed E-state index contributed by atoms with van der Waals surface area (Å²) in [6, 6.07) is 22.9. The van der Waals surface area contributed by atoms with E-state index in [-0.39, 0.29) is 22.4 Å². The van der Waals surface area contributed by atoms with E-state index in [1.807, 2.05) is 83.0 Å². The van der Waals surface area contributed by atoms with Gasteiger partial charge >= 0.3 is 0 Å². The number of benzene rings is 3. The summed E-state index contributed by atoms with van der Waals surface area (Å²) in [6.07, 6.45) is 3.79. The predicted molar refractivity (Wildman–Crippen MR) is 199 cm³/mol. The lowest BCUT2D eigenvalue weighted by molar-refractivity contribution is -0.138. The van der Waals surface area contributed by atoms with Gasteiger partial charge in [-0.15, -0.1) is 0 Å². The van der Waals surface area contributed by atoms with Crippen molar-refractivity contribution < 1.29 is 22.7 Å². The second-order valence-corrected chi connectivity index (χ2v) is 14.3. The first-order valence-electron chi connectivity index (χ1n) is 16.3. The highest BCUT2D eigenvalue weighted by molar-refractivity contribution is 7.90. The summed E-state index contributed by atoms with van der Waals surface area (Å²) in [4.78, 5) is 33.7. The Bertz CT molecular complexity index is 2010. The van der Waals surface area contributed by atoms with E-state index in [9.17, 15) is 18.0 Å². The number of ether oxygens (including phenoxy) is 1. The zero-order valence-corrected chi connectivity index (χ0v) is 30.6. The van der Waals surface area contributed by atoms with Crippen molar-refractivity contribution in [2.45, 2.75) is 57.6 Å². The molecule has 1 fully saturated rings. The standard InChI is InChI=1S/C30H27ClN6O3S.C5H10O2.C2H6/c1-32-21-13-11-20(12-14-21)29(38)36-16-15-22(18-36)34-30-33-17-26(31)28(35-30)25-19-37(27-10-6-5-9-24(25)27)41(39,40)23-7-3-2-4-8-23;1-5(2,3)7-4-6;1-2/h2-14,17,19,22,32H,15-16,18H2,1H3,(H,33,34,35);4H,1-3H3;1-2H3. The van der Waals surface area contributed by atoms with E-state index in [1.165, 1.54) is 10.2 Å². The fraction of sp³-hybridized carbons (Fsp3) is 0.297. The quantitative estimate of drug-likeness (QED) is 0.158. The number of rotatable bonds is 8. The molecule has 0 bridgehead atoms. The molecule has 3 aromatic carbocycles. The molecule has 2 aromatic heterocycles. The zero-order chi connectivity index (χ0) is 36.5. The lowest BCUT2D eigenvalue weighted by Crippen LogP contribution is -2.31. The van der Waals surface area contributed by atoms with E-state index < -0.39 is 10.0 Å². The Morgan fingerprint density at radius 1 is 1.00 bits per heavy atom. The monoisotopic (exact) mass is 718 g/mol. The van der Waals surface area contributed by atoms with Crippen LogP contribution in [0.4, 0.5) is 11.6 Å². The van der Waals surface area contributed by atoms with Crippen LogP contribution in [0.25, 0.3) is 22.2 Å². The lowest BCUT2D eigenvalue weighted by atomic mass is 10.1. The summed E-state index contributed by atoms with van der Waals surface area (Å²) in [5.41, 5.74) is 2.77. The van der Waals surface area contributed by atoms with Crippen LogP contribution in [0.5, 0.6) is 0 Å². The summed E-state index contributed by atoms with van der Waals surface area (Å²) >= 11 is 6.57. The van der Waals surface area contributed by atoms with E-state index >= 15 is 0 Å². The number of carbonyl (C=O) groups excluding carboxylic acids is 2. The van der Waals surface area contributed by atoms with Crippen LogP contribution in [0, 0.1) is 0 Å². The van der Waals surface area contributed by atoms with Gasteiger partial charge in [0.2, 0.25) is 5.95 Å². The molecule has 6 rings (SSSR count). The Hall–Kier alpha value is -4.94. The molecule has 3 heterocycles. The minimum Gasteiger partial charge on any atom is -0.462 e. The number of nitrogens with one attached hydrogen (secondary N) is 2. The highest BCUT2D eigenvalue weighted by atomic mass is 35.5. The van der Waals surface area contributed by atoms with Gasteiger partial charge in [0.25, 0.3) is 22.4 Å². The maximum Gasteiger partial charge on any atom is 0.293 e. The van der Waals surface area contributed by atoms with Crippen molar-refractivity contribution >= 4 is 56.5 Å². The molecular formula is C37H43ClN6O5S. The maximum absolute atomic E-state index is 13.5. The topological polar surface area (TPSA) is 136 Å². The van der Waals surface area contributed by atoms with Crippen molar-refractivity contribution in [2.24, 2.45) is 0 Å². The number of halogens is 1. The molecular weight excluding hydrogens is 676 g/mol. The van der Waals surface area contributed by atoms with Gasteiger partial charge in [0.1, 0.15) is 5.60 Å². The highest BCUT2D eigenvalue weighted by Gasteiger charge is 2.28. The first-order valence-corrected chi connectivity index (χ1v) is 18.1. The lowest BCUT2D eigenvalue weighted by Gasteiger charge is -2.17. The summed E-state index contributed by atoms with van der Waals surface area (Å²) in [7, 11) is -2.03. The molecule has 0 aliphatic carbocycles. The molecule has 11 nitrogen and oxygen atoms in total. The molecule has 1 unspecified atom stereocenters. The van der Waals surface area contributed by atoms with Gasteiger partial charge < -0.3 is 20.3 Å². The SMILES string of the molecule is CC.CC(C)(C)OC=O.CNc1ccc(C(=O)N2CCC(Nc3ncc(Cl)c(-c4cn(S(=O)(=O)c5ccccc5)c5ccccc45)n3)C2)cc1. The number of likely N-dealkylation sites (tertiary alicyclic amines) is 1. The van der Waals surface area contributed by atoms with Crippen LogP contribution >= 0.6 is 11.6 Å². The fourth-order valence-corrected chi connectivity index (χ4v) is 6.80. The van der Waals surface area contributed by atoms with Crippen LogP contribution in [-0.2, 0) is 19.6 Å². The van der Waals surface area contributed by atoms with E-state index in [0.717, 1.165) is 12.1 Å². The van der Waals surface area contributed by atoms with Gasteiger partial charge in [-0.25, -0.2) is 22.4 Å². The number of amides is 1. The molecule has 0 radical (unpaired) electrons. The maximum atomic E-state index is 13.5. The van der Waals surface area contributed by atoms with Crippen LogP contribution in [0.1, 0.15) is 51.4 Å². The van der Waals surface area contributed by atoms with Crippen molar-refractivity contribution in [3.63, 3.8) is 0 Å². The van der Waals surface area contributed by atoms with Crippen LogP contribution in [0.2, 0.25) is 5.02 Å². The Balaban J connectivity index is 0.000000559. The number of fused-ring (bicyclic) bond motifs is 1. The Morgan fingerprint density at radius 3 is 2.28 bits per heavy atom. The molecule has 0 saturated carbocycles. The molecule has 2 N–H and O–H groups in total. The van der Waals surface area contributed by atoms with Gasteiger partial charge in [0, 0.05) is 54.6 Å². The summed E-state index contributed by atoms with van der Waals surface area (Å²) in [5, 5.41) is 7.38. The molecule has 5 aromatic rings. The number of anilines is 2. The third-order valence-corrected chi connectivity index (χ3v) is 9.57. The van der Waals surface area contributed by atoms with Gasteiger partial charge in [-0.3, -0.25) is 9.59 Å². The molecule has 50 heavy (non-hydrogen) atoms. The number of hydrogen-bond acceptors (Lipinski definition) is 9. The van der Waals surface area contributed by atoms with Gasteiger partial charge in [-0.1, -0.05) is 61.8 Å². The minimum absolute atomic E-state index is 0.0258. The number of carbonyl (C=O) groups is 2. The summed E-state index contributed by atoms with van der Waals surface area (Å²) in [6.45, 7) is 11.0. The highest BCUT2D eigenvalue weighted by Crippen LogP contribution is 2.36. The minimum atomic E-state index is -3.86. The number of hydrogen-bond donors (Lipinski definition) is 2. The molecule has 264 valence electrons. The summed E-state index contributed by atoms with van der Waals surface area (Å²) < 4.78 is 32.9. The normalized spacial score (nSPS) is 14.1. The molecule has 0 spiro atoms. The van der Waals surface area contributed by atoms with E-state index in [0.29, 0.717) is 58.3 Å². The molecule has 1 amide bonds. The van der Waals surface area contributed by atoms with Crippen molar-refractivity contribution in [1.29, 1.82) is 0 Å². The molecule has 1 atom stereocenters. The number of aromatic nitrogens is 3. The Labute approximate surface area is 298 Å². The van der Waals surface area contributed by atoms with E-state index in [4.69, 9.17) is 16.6 Å². The Kier molecular flexibility index (Phi) is 12.6. The van der Waals surface area contributed by atoms with Gasteiger partial charge in [-0.05, 0) is 69.7 Å². The van der Waals surface area contributed by atoms with Crippen molar-refractivity contribution in [3.05, 3.63) is 102 Å². The molecule has 1 aliphatic rings. The fourth-order valence-electron chi connectivity index (χ4n) is 5.22. The number of nitrogens with zero attached hydrogens (tertiary/aromatic N) is 4. The van der Waals surface area contributed by atoms with Crippen molar-refractivity contribution in [3.8, 4) is 11.3 Å². The second kappa shape index (κ2) is 16.6. The van der Waals surface area contributed by atoms with Gasteiger partial charge in [-0.2, -0.15) is 0 Å². The second-order valence-electron chi connectivity index (χ2n) is 12.1. The zero-order valence-electron chi connectivity index (χ0n) is 29.1. The third kappa shape index (κ3) is 8.99. The molecule has 1 saturated heterocycles. The first-order chi connectivity index (χ1) is 23.9. The van der Waals surface area contributed by atoms with Crippen molar-refractivity contribution in [2.75, 3.05) is 30.8 Å². The third-order valence-electron chi connectivity index (χ3n) is 7.61. The van der Waals surface area contributed by atoms with E-state index in [2.05, 4.69) is 20.4 Å². The van der Waals surface area contributed by atoms with Gasteiger partial charge in [0.15, 0.2) is 0 Å². The van der Waals surface area contributed by atoms with Gasteiger partial charge in [0.05, 0.1) is 27.3 Å².